The molecule has 29 heavy (non-hydrogen) atoms. The van der Waals surface area contributed by atoms with E-state index in [0.29, 0.717) is 19.5 Å². The Morgan fingerprint density at radius 3 is 2.52 bits per heavy atom. The summed E-state index contributed by atoms with van der Waals surface area (Å²) in [6, 6.07) is 17.4. The third-order valence-electron chi connectivity index (χ3n) is 5.88. The van der Waals surface area contributed by atoms with Crippen molar-refractivity contribution in [1.82, 2.24) is 15.5 Å². The molecule has 2 aromatic carbocycles. The predicted octanol–water partition coefficient (Wildman–Crippen LogP) is 2.99. The molecule has 1 fully saturated rings. The normalized spacial score (nSPS) is 21.6. The van der Waals surface area contributed by atoms with E-state index in [2.05, 4.69) is 22.8 Å². The van der Waals surface area contributed by atoms with Crippen molar-refractivity contribution in [2.45, 2.75) is 50.9 Å². The highest BCUT2D eigenvalue weighted by atomic mass is 35.5. The van der Waals surface area contributed by atoms with Crippen molar-refractivity contribution in [2.75, 3.05) is 6.54 Å². The monoisotopic (exact) mass is 413 g/mol. The Kier molecular flexibility index (Phi) is 6.93. The van der Waals surface area contributed by atoms with E-state index in [9.17, 15) is 9.59 Å². The van der Waals surface area contributed by atoms with Crippen LogP contribution in [0.3, 0.4) is 0 Å². The molecule has 2 aromatic rings. The lowest BCUT2D eigenvalue weighted by Gasteiger charge is -2.32. The number of rotatable bonds is 4. The number of carbonyl (C=O) groups is 2. The lowest BCUT2D eigenvalue weighted by atomic mass is 9.95. The van der Waals surface area contributed by atoms with Crippen LogP contribution >= 0.6 is 12.4 Å². The van der Waals surface area contributed by atoms with Gasteiger partial charge in [-0.1, -0.05) is 54.6 Å². The molecule has 3 atom stereocenters. The molecule has 0 radical (unpaired) electrons. The lowest BCUT2D eigenvalue weighted by Crippen LogP contribution is -2.54. The summed E-state index contributed by atoms with van der Waals surface area (Å²) in [5.41, 5.74) is 3.54. The number of hydrogen-bond donors (Lipinski definition) is 2. The van der Waals surface area contributed by atoms with Crippen LogP contribution in [0.4, 0.5) is 0 Å². The SMILES string of the molecule is CC(NC(=O)[C@@H]1CCCN1C(=O)[C@@H]1Cc2ccccc2CN1)c1ccccc1.Cl. The Balaban J connectivity index is 0.00000240. The minimum Gasteiger partial charge on any atom is -0.348 e. The molecule has 2 aliphatic rings. The van der Waals surface area contributed by atoms with Gasteiger partial charge >= 0.3 is 0 Å². The van der Waals surface area contributed by atoms with Gasteiger partial charge in [-0.3, -0.25) is 9.59 Å². The first-order valence-electron chi connectivity index (χ1n) is 10.1. The summed E-state index contributed by atoms with van der Waals surface area (Å²) in [5, 5.41) is 6.44. The first-order chi connectivity index (χ1) is 13.6. The second kappa shape index (κ2) is 9.42. The maximum atomic E-state index is 13.2. The Bertz CT molecular complexity index is 858. The minimum absolute atomic E-state index is 0. The fraction of sp³-hybridized carbons (Fsp3) is 0.391. The fourth-order valence-electron chi connectivity index (χ4n) is 4.27. The van der Waals surface area contributed by atoms with Gasteiger partial charge in [0.25, 0.3) is 0 Å². The second-order valence-electron chi connectivity index (χ2n) is 7.74. The lowest BCUT2D eigenvalue weighted by molar-refractivity contribution is -0.140. The van der Waals surface area contributed by atoms with Crippen molar-refractivity contribution in [2.24, 2.45) is 0 Å². The predicted molar refractivity (Wildman–Crippen MR) is 116 cm³/mol. The minimum atomic E-state index is -0.377. The summed E-state index contributed by atoms with van der Waals surface area (Å²) in [7, 11) is 0. The van der Waals surface area contributed by atoms with Crippen LogP contribution in [0, 0.1) is 0 Å². The average Bonchev–Trinajstić information content (AvgIpc) is 3.23. The Morgan fingerprint density at radius 2 is 1.76 bits per heavy atom. The molecule has 1 saturated heterocycles. The topological polar surface area (TPSA) is 61.4 Å². The van der Waals surface area contributed by atoms with Crippen LogP contribution in [0.2, 0.25) is 0 Å². The van der Waals surface area contributed by atoms with E-state index < -0.39 is 0 Å². The Hall–Kier alpha value is -2.37. The highest BCUT2D eigenvalue weighted by molar-refractivity contribution is 5.90. The number of amides is 2. The third-order valence-corrected chi connectivity index (χ3v) is 5.88. The Morgan fingerprint density at radius 1 is 1.07 bits per heavy atom. The average molecular weight is 414 g/mol. The van der Waals surface area contributed by atoms with Crippen molar-refractivity contribution in [3.63, 3.8) is 0 Å². The number of benzene rings is 2. The number of nitrogens with one attached hydrogen (secondary N) is 2. The molecular weight excluding hydrogens is 386 g/mol. The molecule has 2 heterocycles. The molecule has 0 aliphatic carbocycles. The zero-order valence-corrected chi connectivity index (χ0v) is 17.5. The fourth-order valence-corrected chi connectivity index (χ4v) is 4.27. The van der Waals surface area contributed by atoms with Gasteiger partial charge in [0.2, 0.25) is 11.8 Å². The molecule has 0 bridgehead atoms. The van der Waals surface area contributed by atoms with E-state index in [4.69, 9.17) is 0 Å². The van der Waals surface area contributed by atoms with E-state index in [-0.39, 0.29) is 42.3 Å². The Labute approximate surface area is 178 Å². The summed E-state index contributed by atoms with van der Waals surface area (Å²) in [5.74, 6) is -0.0158. The van der Waals surface area contributed by atoms with Crippen molar-refractivity contribution in [1.29, 1.82) is 0 Å². The van der Waals surface area contributed by atoms with Gasteiger partial charge in [-0.2, -0.15) is 0 Å². The van der Waals surface area contributed by atoms with Crippen molar-refractivity contribution in [3.05, 3.63) is 71.3 Å². The quantitative estimate of drug-likeness (QED) is 0.810. The number of fused-ring (bicyclic) bond motifs is 1. The maximum Gasteiger partial charge on any atom is 0.243 e. The molecule has 2 aliphatic heterocycles. The molecule has 1 unspecified atom stereocenters. The first kappa shape index (κ1) is 21.3. The van der Waals surface area contributed by atoms with E-state index in [0.717, 1.165) is 18.4 Å². The van der Waals surface area contributed by atoms with Crippen LogP contribution in [0.25, 0.3) is 0 Å². The van der Waals surface area contributed by atoms with Crippen molar-refractivity contribution >= 4 is 24.2 Å². The highest BCUT2D eigenvalue weighted by Gasteiger charge is 2.38. The number of nitrogens with zero attached hydrogens (tertiary/aromatic N) is 1. The third kappa shape index (κ3) is 4.62. The molecule has 0 aromatic heterocycles. The summed E-state index contributed by atoms with van der Waals surface area (Å²) in [4.78, 5) is 27.8. The summed E-state index contributed by atoms with van der Waals surface area (Å²) in [6.07, 6.45) is 2.27. The van der Waals surface area contributed by atoms with Crippen molar-refractivity contribution < 1.29 is 9.59 Å². The van der Waals surface area contributed by atoms with Gasteiger partial charge in [0.05, 0.1) is 12.1 Å². The van der Waals surface area contributed by atoms with Gasteiger partial charge < -0.3 is 15.5 Å². The molecule has 2 N–H and O–H groups in total. The molecule has 5 nitrogen and oxygen atoms in total. The number of halogens is 1. The van der Waals surface area contributed by atoms with Crippen LogP contribution in [0.5, 0.6) is 0 Å². The summed E-state index contributed by atoms with van der Waals surface area (Å²) in [6.45, 7) is 3.33. The molecule has 154 valence electrons. The number of hydrogen-bond acceptors (Lipinski definition) is 3. The van der Waals surface area contributed by atoms with Crippen LogP contribution in [0.1, 0.15) is 42.5 Å². The van der Waals surface area contributed by atoms with Gasteiger partial charge in [-0.05, 0) is 42.9 Å². The maximum absolute atomic E-state index is 13.2. The van der Waals surface area contributed by atoms with E-state index in [1.54, 1.807) is 4.90 Å². The molecule has 4 rings (SSSR count). The zero-order valence-electron chi connectivity index (χ0n) is 16.6. The second-order valence-corrected chi connectivity index (χ2v) is 7.74. The standard InChI is InChI=1S/C23H27N3O2.ClH/c1-16(17-8-3-2-4-9-17)25-22(27)21-12-7-13-26(21)23(28)20-14-18-10-5-6-11-19(18)15-24-20;/h2-6,8-11,16,20-21,24H,7,12-15H2,1H3,(H,25,27);1H/t16?,20-,21-;/m0./s1. The first-order valence-corrected chi connectivity index (χ1v) is 10.1. The van der Waals surface area contributed by atoms with Gasteiger partial charge in [-0.25, -0.2) is 0 Å². The zero-order chi connectivity index (χ0) is 19.5. The van der Waals surface area contributed by atoms with Crippen molar-refractivity contribution in [3.8, 4) is 0 Å². The summed E-state index contributed by atoms with van der Waals surface area (Å²) < 4.78 is 0. The van der Waals surface area contributed by atoms with Gasteiger partial charge in [-0.15, -0.1) is 12.4 Å². The van der Waals surface area contributed by atoms with E-state index >= 15 is 0 Å². The largest absolute Gasteiger partial charge is 0.348 e. The van der Waals surface area contributed by atoms with Crippen LogP contribution in [-0.2, 0) is 22.6 Å². The smallest absolute Gasteiger partial charge is 0.243 e. The number of carbonyl (C=O) groups excluding carboxylic acids is 2. The molecular formula is C23H28ClN3O2. The number of likely N-dealkylation sites (tertiary alicyclic amines) is 1. The van der Waals surface area contributed by atoms with Crippen LogP contribution in [0.15, 0.2) is 54.6 Å². The molecule has 0 saturated carbocycles. The van der Waals surface area contributed by atoms with Gasteiger partial charge in [0.1, 0.15) is 6.04 Å². The van der Waals surface area contributed by atoms with Crippen LogP contribution < -0.4 is 10.6 Å². The van der Waals surface area contributed by atoms with Crippen LogP contribution in [-0.4, -0.2) is 35.3 Å². The molecule has 0 spiro atoms. The van der Waals surface area contributed by atoms with E-state index in [1.807, 2.05) is 49.4 Å². The molecule has 6 heteroatoms. The molecule has 2 amide bonds. The highest BCUT2D eigenvalue weighted by Crippen LogP contribution is 2.23. The van der Waals surface area contributed by atoms with Gasteiger partial charge in [0, 0.05) is 13.1 Å². The summed E-state index contributed by atoms with van der Waals surface area (Å²) >= 11 is 0. The van der Waals surface area contributed by atoms with E-state index in [1.165, 1.54) is 11.1 Å². The van der Waals surface area contributed by atoms with Gasteiger partial charge in [0.15, 0.2) is 0 Å².